The molecule has 0 saturated heterocycles. The Labute approximate surface area is 115 Å². The number of nitro groups is 1. The second kappa shape index (κ2) is 6.33. The summed E-state index contributed by atoms with van der Waals surface area (Å²) in [6, 6.07) is 13.5. The monoisotopic (exact) mass is 271 g/mol. The maximum absolute atomic E-state index is 10.5. The standard InChI is InChI=1S/C14H13N3O3/c1-20-14-5-3-2-4-11(14)10-15-16-12-6-8-13(9-7-12)17(18)19/h2-10,16H,1H3. The van der Waals surface area contributed by atoms with Crippen molar-refractivity contribution < 1.29 is 9.66 Å². The molecule has 0 aliphatic rings. The molecule has 0 spiro atoms. The summed E-state index contributed by atoms with van der Waals surface area (Å²) in [5.74, 6) is 0.724. The van der Waals surface area contributed by atoms with Crippen molar-refractivity contribution in [1.29, 1.82) is 0 Å². The third kappa shape index (κ3) is 3.32. The van der Waals surface area contributed by atoms with Crippen LogP contribution in [0.2, 0.25) is 0 Å². The minimum absolute atomic E-state index is 0.0456. The van der Waals surface area contributed by atoms with Crippen LogP contribution in [-0.2, 0) is 0 Å². The molecule has 2 aromatic rings. The Morgan fingerprint density at radius 3 is 2.55 bits per heavy atom. The summed E-state index contributed by atoms with van der Waals surface area (Å²) in [5.41, 5.74) is 4.35. The van der Waals surface area contributed by atoms with Gasteiger partial charge in [-0.1, -0.05) is 12.1 Å². The zero-order valence-corrected chi connectivity index (χ0v) is 10.8. The molecular weight excluding hydrogens is 258 g/mol. The lowest BCUT2D eigenvalue weighted by Gasteiger charge is -2.03. The smallest absolute Gasteiger partial charge is 0.269 e. The fourth-order valence-corrected chi connectivity index (χ4v) is 1.61. The first-order chi connectivity index (χ1) is 9.70. The molecule has 6 nitrogen and oxygen atoms in total. The summed E-state index contributed by atoms with van der Waals surface area (Å²) in [5, 5.41) is 14.6. The van der Waals surface area contributed by atoms with Crippen LogP contribution in [0.15, 0.2) is 53.6 Å². The van der Waals surface area contributed by atoms with E-state index in [1.165, 1.54) is 12.1 Å². The molecule has 0 aliphatic heterocycles. The quantitative estimate of drug-likeness (QED) is 0.515. The van der Waals surface area contributed by atoms with Crippen LogP contribution in [0, 0.1) is 10.1 Å². The molecule has 0 radical (unpaired) electrons. The van der Waals surface area contributed by atoms with E-state index < -0.39 is 4.92 Å². The number of para-hydroxylation sites is 1. The molecule has 1 N–H and O–H groups in total. The van der Waals surface area contributed by atoms with E-state index in [0.29, 0.717) is 5.69 Å². The first-order valence-corrected chi connectivity index (χ1v) is 5.87. The molecular formula is C14H13N3O3. The van der Waals surface area contributed by atoms with Gasteiger partial charge in [-0.05, 0) is 24.3 Å². The number of nitrogens with zero attached hydrogens (tertiary/aromatic N) is 2. The Balaban J connectivity index is 2.04. The van der Waals surface area contributed by atoms with Gasteiger partial charge in [0.15, 0.2) is 0 Å². The van der Waals surface area contributed by atoms with Crippen LogP contribution in [0.1, 0.15) is 5.56 Å². The van der Waals surface area contributed by atoms with Gasteiger partial charge < -0.3 is 4.74 Å². The number of nitro benzene ring substituents is 1. The second-order valence-corrected chi connectivity index (χ2v) is 3.92. The molecule has 0 atom stereocenters. The van der Waals surface area contributed by atoms with Crippen LogP contribution in [0.5, 0.6) is 5.75 Å². The molecule has 0 unspecified atom stereocenters. The number of anilines is 1. The molecule has 0 saturated carbocycles. The Bertz CT molecular complexity index is 624. The zero-order chi connectivity index (χ0) is 14.4. The molecule has 102 valence electrons. The minimum atomic E-state index is -0.443. The highest BCUT2D eigenvalue weighted by molar-refractivity contribution is 5.83. The highest BCUT2D eigenvalue weighted by Gasteiger charge is 2.03. The third-order valence-electron chi connectivity index (χ3n) is 2.61. The highest BCUT2D eigenvalue weighted by Crippen LogP contribution is 2.16. The van der Waals surface area contributed by atoms with Gasteiger partial charge in [-0.15, -0.1) is 0 Å². The van der Waals surface area contributed by atoms with Crippen molar-refractivity contribution >= 4 is 17.6 Å². The lowest BCUT2D eigenvalue weighted by atomic mass is 10.2. The number of rotatable bonds is 5. The topological polar surface area (TPSA) is 76.8 Å². The summed E-state index contributed by atoms with van der Waals surface area (Å²) in [7, 11) is 1.59. The minimum Gasteiger partial charge on any atom is -0.496 e. The first-order valence-electron chi connectivity index (χ1n) is 5.87. The molecule has 0 aliphatic carbocycles. The van der Waals surface area contributed by atoms with Crippen LogP contribution in [-0.4, -0.2) is 18.2 Å². The lowest BCUT2D eigenvalue weighted by Crippen LogP contribution is -1.94. The van der Waals surface area contributed by atoms with Crippen molar-refractivity contribution in [3.63, 3.8) is 0 Å². The molecule has 0 bridgehead atoms. The number of non-ortho nitro benzene ring substituents is 1. The van der Waals surface area contributed by atoms with E-state index in [-0.39, 0.29) is 5.69 Å². The highest BCUT2D eigenvalue weighted by atomic mass is 16.6. The fraction of sp³-hybridized carbons (Fsp3) is 0.0714. The second-order valence-electron chi connectivity index (χ2n) is 3.92. The van der Waals surface area contributed by atoms with Gasteiger partial charge in [0, 0.05) is 17.7 Å². The number of nitrogens with one attached hydrogen (secondary N) is 1. The van der Waals surface area contributed by atoms with Crippen molar-refractivity contribution in [2.75, 3.05) is 12.5 Å². The van der Waals surface area contributed by atoms with E-state index in [1.54, 1.807) is 25.5 Å². The predicted octanol–water partition coefficient (Wildman–Crippen LogP) is 3.05. The van der Waals surface area contributed by atoms with E-state index in [4.69, 9.17) is 4.74 Å². The molecule has 0 amide bonds. The molecule has 20 heavy (non-hydrogen) atoms. The molecule has 0 heterocycles. The van der Waals surface area contributed by atoms with E-state index in [2.05, 4.69) is 10.5 Å². The molecule has 0 aromatic heterocycles. The zero-order valence-electron chi connectivity index (χ0n) is 10.8. The van der Waals surface area contributed by atoms with Crippen molar-refractivity contribution in [2.24, 2.45) is 5.10 Å². The fourth-order valence-electron chi connectivity index (χ4n) is 1.61. The molecule has 6 heteroatoms. The van der Waals surface area contributed by atoms with Crippen LogP contribution in [0.4, 0.5) is 11.4 Å². The van der Waals surface area contributed by atoms with Gasteiger partial charge >= 0.3 is 0 Å². The summed E-state index contributed by atoms with van der Waals surface area (Å²) in [4.78, 5) is 10.1. The summed E-state index contributed by atoms with van der Waals surface area (Å²) >= 11 is 0. The van der Waals surface area contributed by atoms with Crippen molar-refractivity contribution in [2.45, 2.75) is 0 Å². The van der Waals surface area contributed by atoms with Gasteiger partial charge in [0.25, 0.3) is 5.69 Å². The van der Waals surface area contributed by atoms with Gasteiger partial charge in [0.05, 0.1) is 23.9 Å². The van der Waals surface area contributed by atoms with Crippen molar-refractivity contribution in [3.8, 4) is 5.75 Å². The lowest BCUT2D eigenvalue weighted by molar-refractivity contribution is -0.384. The summed E-state index contributed by atoms with van der Waals surface area (Å²) in [6.45, 7) is 0. The Morgan fingerprint density at radius 2 is 1.90 bits per heavy atom. The van der Waals surface area contributed by atoms with Crippen molar-refractivity contribution in [1.82, 2.24) is 0 Å². The number of hydrogen-bond donors (Lipinski definition) is 1. The number of hydrogen-bond acceptors (Lipinski definition) is 5. The summed E-state index contributed by atoms with van der Waals surface area (Å²) < 4.78 is 5.20. The average Bonchev–Trinajstić information content (AvgIpc) is 2.48. The number of hydrazone groups is 1. The van der Waals surface area contributed by atoms with Crippen LogP contribution in [0.3, 0.4) is 0 Å². The van der Waals surface area contributed by atoms with Crippen LogP contribution in [0.25, 0.3) is 0 Å². The third-order valence-corrected chi connectivity index (χ3v) is 2.61. The SMILES string of the molecule is COc1ccccc1C=NNc1ccc([N+](=O)[O-])cc1. The van der Waals surface area contributed by atoms with Crippen LogP contribution < -0.4 is 10.2 Å². The summed E-state index contributed by atoms with van der Waals surface area (Å²) in [6.07, 6.45) is 1.63. The van der Waals surface area contributed by atoms with E-state index in [1.807, 2.05) is 24.3 Å². The van der Waals surface area contributed by atoms with Gasteiger partial charge in [-0.25, -0.2) is 0 Å². The van der Waals surface area contributed by atoms with Gasteiger partial charge in [-0.2, -0.15) is 5.10 Å². The van der Waals surface area contributed by atoms with Gasteiger partial charge in [-0.3, -0.25) is 15.5 Å². The van der Waals surface area contributed by atoms with Crippen molar-refractivity contribution in [3.05, 3.63) is 64.2 Å². The Kier molecular flexibility index (Phi) is 4.28. The first kappa shape index (κ1) is 13.5. The van der Waals surface area contributed by atoms with E-state index in [0.717, 1.165) is 11.3 Å². The predicted molar refractivity (Wildman–Crippen MR) is 77.3 cm³/mol. The van der Waals surface area contributed by atoms with E-state index >= 15 is 0 Å². The number of methoxy groups -OCH3 is 1. The largest absolute Gasteiger partial charge is 0.496 e. The maximum atomic E-state index is 10.5. The number of benzene rings is 2. The van der Waals surface area contributed by atoms with Crippen LogP contribution >= 0.6 is 0 Å². The van der Waals surface area contributed by atoms with E-state index in [9.17, 15) is 10.1 Å². The normalized spacial score (nSPS) is 10.4. The van der Waals surface area contributed by atoms with Gasteiger partial charge in [0.1, 0.15) is 5.75 Å². The Hall–Kier alpha value is -2.89. The number of ether oxygens (including phenoxy) is 1. The molecule has 2 rings (SSSR count). The Morgan fingerprint density at radius 1 is 1.20 bits per heavy atom. The molecule has 2 aromatic carbocycles. The van der Waals surface area contributed by atoms with Gasteiger partial charge in [0.2, 0.25) is 0 Å². The average molecular weight is 271 g/mol. The maximum Gasteiger partial charge on any atom is 0.269 e. The molecule has 0 fully saturated rings.